The molecule has 0 unspecified atom stereocenters. The summed E-state index contributed by atoms with van der Waals surface area (Å²) in [4.78, 5) is 28.4. The van der Waals surface area contributed by atoms with Crippen molar-refractivity contribution in [3.8, 4) is 0 Å². The molecule has 0 aromatic rings. The lowest BCUT2D eigenvalue weighted by atomic mass is 9.85. The summed E-state index contributed by atoms with van der Waals surface area (Å²) in [6, 6.07) is 0.634. The molecule has 0 radical (unpaired) electrons. The number of likely N-dealkylation sites (tertiary alicyclic amines) is 2. The van der Waals surface area contributed by atoms with Crippen molar-refractivity contribution in [2.75, 3.05) is 33.2 Å². The second-order valence-electron chi connectivity index (χ2n) is 6.79. The molecule has 2 amide bonds. The van der Waals surface area contributed by atoms with Crippen LogP contribution < -0.4 is 10.9 Å². The summed E-state index contributed by atoms with van der Waals surface area (Å²) < 4.78 is 0. The van der Waals surface area contributed by atoms with Crippen LogP contribution in [0.25, 0.3) is 0 Å². The van der Waals surface area contributed by atoms with Crippen molar-refractivity contribution in [3.05, 3.63) is 0 Å². The molecule has 3 rings (SSSR count). The first-order valence-electron chi connectivity index (χ1n) is 8.16. The van der Waals surface area contributed by atoms with Gasteiger partial charge in [0.2, 0.25) is 11.8 Å². The first-order valence-corrected chi connectivity index (χ1v) is 8.16. The van der Waals surface area contributed by atoms with E-state index in [4.69, 9.17) is 0 Å². The van der Waals surface area contributed by atoms with Crippen LogP contribution in [0.3, 0.4) is 0 Å². The van der Waals surface area contributed by atoms with Gasteiger partial charge in [-0.15, -0.1) is 0 Å². The Hall–Kier alpha value is -1.14. The monoisotopic (exact) mass is 294 g/mol. The third-order valence-electron chi connectivity index (χ3n) is 5.27. The van der Waals surface area contributed by atoms with Crippen LogP contribution in [0, 0.1) is 11.8 Å². The molecule has 3 aliphatic rings. The number of carbonyl (C=O) groups is 2. The van der Waals surface area contributed by atoms with Crippen LogP contribution in [-0.4, -0.2) is 60.9 Å². The molecule has 0 aromatic carbocycles. The fourth-order valence-corrected chi connectivity index (χ4v) is 3.33. The Bertz CT molecular complexity index is 396. The van der Waals surface area contributed by atoms with Crippen LogP contribution in [0.1, 0.15) is 32.1 Å². The average Bonchev–Trinajstić information content (AvgIpc) is 2.35. The maximum Gasteiger partial charge on any atom is 0.244 e. The second-order valence-corrected chi connectivity index (χ2v) is 6.79. The van der Waals surface area contributed by atoms with E-state index in [0.29, 0.717) is 6.04 Å². The number of hydrogen-bond donors (Lipinski definition) is 2. The van der Waals surface area contributed by atoms with Crippen LogP contribution in [0.2, 0.25) is 0 Å². The molecular formula is C15H26N4O2. The Kier molecular flexibility index (Phi) is 4.45. The van der Waals surface area contributed by atoms with Crippen LogP contribution in [0.15, 0.2) is 0 Å². The number of nitrogens with zero attached hydrogens (tertiary/aromatic N) is 2. The topological polar surface area (TPSA) is 64.7 Å². The van der Waals surface area contributed by atoms with Gasteiger partial charge in [-0.05, 0) is 45.8 Å². The maximum atomic E-state index is 12.0. The largest absolute Gasteiger partial charge is 0.306 e. The van der Waals surface area contributed by atoms with E-state index in [1.807, 2.05) is 0 Å². The standard InChI is InChI=1S/C15H26N4O2/c1-18-7-5-13(6-8-18)19-9-12(10-19)15(21)17-16-14(20)11-3-2-4-11/h11-13H,2-10H2,1H3,(H,16,20)(H,17,21). The fraction of sp³-hybridized carbons (Fsp3) is 0.867. The molecule has 3 fully saturated rings. The molecule has 118 valence electrons. The Balaban J connectivity index is 1.33. The number of carbonyl (C=O) groups excluding carboxylic acids is 2. The van der Waals surface area contributed by atoms with Gasteiger partial charge in [0.15, 0.2) is 0 Å². The second kappa shape index (κ2) is 6.32. The molecule has 6 nitrogen and oxygen atoms in total. The zero-order chi connectivity index (χ0) is 14.8. The smallest absolute Gasteiger partial charge is 0.244 e. The average molecular weight is 294 g/mol. The quantitative estimate of drug-likeness (QED) is 0.717. The van der Waals surface area contributed by atoms with Crippen molar-refractivity contribution in [1.29, 1.82) is 0 Å². The SMILES string of the molecule is CN1CCC(N2CC(C(=O)NNC(=O)C3CCC3)C2)CC1. The molecule has 0 bridgehead atoms. The van der Waals surface area contributed by atoms with Crippen molar-refractivity contribution in [2.45, 2.75) is 38.1 Å². The molecule has 6 heteroatoms. The van der Waals surface area contributed by atoms with Crippen molar-refractivity contribution in [3.63, 3.8) is 0 Å². The van der Waals surface area contributed by atoms with E-state index in [-0.39, 0.29) is 23.7 Å². The minimum Gasteiger partial charge on any atom is -0.306 e. The maximum absolute atomic E-state index is 12.0. The lowest BCUT2D eigenvalue weighted by Gasteiger charge is -2.46. The van der Waals surface area contributed by atoms with Gasteiger partial charge in [0.05, 0.1) is 5.92 Å². The Morgan fingerprint density at radius 3 is 2.00 bits per heavy atom. The minimum absolute atomic E-state index is 0.0268. The number of piperidine rings is 1. The van der Waals surface area contributed by atoms with E-state index < -0.39 is 0 Å². The van der Waals surface area contributed by atoms with E-state index >= 15 is 0 Å². The summed E-state index contributed by atoms with van der Waals surface area (Å²) >= 11 is 0. The van der Waals surface area contributed by atoms with Gasteiger partial charge in [0.1, 0.15) is 0 Å². The van der Waals surface area contributed by atoms with Crippen molar-refractivity contribution < 1.29 is 9.59 Å². The first-order chi connectivity index (χ1) is 10.1. The molecule has 1 aliphatic carbocycles. The molecule has 2 saturated heterocycles. The number of nitrogens with one attached hydrogen (secondary N) is 2. The summed E-state index contributed by atoms with van der Waals surface area (Å²) in [5, 5.41) is 0. The molecule has 0 aromatic heterocycles. The van der Waals surface area contributed by atoms with Crippen LogP contribution >= 0.6 is 0 Å². The lowest BCUT2D eigenvalue weighted by Crippen LogP contribution is -2.60. The summed E-state index contributed by atoms with van der Waals surface area (Å²) in [6.45, 7) is 3.96. The molecule has 21 heavy (non-hydrogen) atoms. The molecular weight excluding hydrogens is 268 g/mol. The van der Waals surface area contributed by atoms with Crippen LogP contribution in [-0.2, 0) is 9.59 Å². The number of hydrazine groups is 1. The first kappa shape index (κ1) is 14.8. The van der Waals surface area contributed by atoms with E-state index in [1.165, 1.54) is 12.8 Å². The third-order valence-corrected chi connectivity index (χ3v) is 5.27. The van der Waals surface area contributed by atoms with E-state index in [0.717, 1.165) is 45.4 Å². The van der Waals surface area contributed by atoms with Crippen molar-refractivity contribution in [1.82, 2.24) is 20.7 Å². The van der Waals surface area contributed by atoms with Gasteiger partial charge in [0, 0.05) is 25.0 Å². The highest BCUT2D eigenvalue weighted by molar-refractivity contribution is 5.85. The molecule has 0 spiro atoms. The zero-order valence-corrected chi connectivity index (χ0v) is 12.8. The van der Waals surface area contributed by atoms with E-state index in [9.17, 15) is 9.59 Å². The Labute approximate surface area is 126 Å². The minimum atomic E-state index is -0.0353. The van der Waals surface area contributed by atoms with Gasteiger partial charge in [-0.3, -0.25) is 25.3 Å². The molecule has 2 N–H and O–H groups in total. The van der Waals surface area contributed by atoms with Gasteiger partial charge in [0.25, 0.3) is 0 Å². The summed E-state index contributed by atoms with van der Waals surface area (Å²) in [7, 11) is 2.16. The Morgan fingerprint density at radius 2 is 1.48 bits per heavy atom. The van der Waals surface area contributed by atoms with E-state index in [2.05, 4.69) is 27.7 Å². The molecule has 1 saturated carbocycles. The van der Waals surface area contributed by atoms with Gasteiger partial charge >= 0.3 is 0 Å². The van der Waals surface area contributed by atoms with Crippen molar-refractivity contribution in [2.24, 2.45) is 11.8 Å². The third kappa shape index (κ3) is 3.37. The highest BCUT2D eigenvalue weighted by Crippen LogP contribution is 2.26. The lowest BCUT2D eigenvalue weighted by molar-refractivity contribution is -0.138. The Morgan fingerprint density at radius 1 is 0.905 bits per heavy atom. The van der Waals surface area contributed by atoms with Gasteiger partial charge in [-0.1, -0.05) is 6.42 Å². The normalized spacial score (nSPS) is 26.0. The highest BCUT2D eigenvalue weighted by Gasteiger charge is 2.37. The molecule has 2 aliphatic heterocycles. The van der Waals surface area contributed by atoms with Crippen LogP contribution in [0.5, 0.6) is 0 Å². The molecule has 2 heterocycles. The molecule has 0 atom stereocenters. The van der Waals surface area contributed by atoms with Crippen LogP contribution in [0.4, 0.5) is 0 Å². The fourth-order valence-electron chi connectivity index (χ4n) is 3.33. The number of rotatable bonds is 3. The highest BCUT2D eigenvalue weighted by atomic mass is 16.2. The predicted molar refractivity (Wildman–Crippen MR) is 79.2 cm³/mol. The summed E-state index contributed by atoms with van der Waals surface area (Å²) in [6.07, 6.45) is 5.43. The van der Waals surface area contributed by atoms with Crippen molar-refractivity contribution >= 4 is 11.8 Å². The number of amides is 2. The summed E-state index contributed by atoms with van der Waals surface area (Å²) in [5.41, 5.74) is 5.16. The van der Waals surface area contributed by atoms with Gasteiger partial charge in [-0.25, -0.2) is 0 Å². The van der Waals surface area contributed by atoms with Gasteiger partial charge < -0.3 is 4.90 Å². The predicted octanol–water partition coefficient (Wildman–Crippen LogP) is -0.0401. The van der Waals surface area contributed by atoms with Gasteiger partial charge in [-0.2, -0.15) is 0 Å². The van der Waals surface area contributed by atoms with E-state index in [1.54, 1.807) is 0 Å². The zero-order valence-electron chi connectivity index (χ0n) is 12.8. The number of hydrogen-bond acceptors (Lipinski definition) is 4. The summed E-state index contributed by atoms with van der Waals surface area (Å²) in [5.74, 6) is 0.0849.